The van der Waals surface area contributed by atoms with Crippen LogP contribution in [0.2, 0.25) is 0 Å². The fourth-order valence-corrected chi connectivity index (χ4v) is 2.59. The lowest BCUT2D eigenvalue weighted by Gasteiger charge is -2.22. The number of rotatable bonds is 4. The summed E-state index contributed by atoms with van der Waals surface area (Å²) in [5.41, 5.74) is 1.84. The van der Waals surface area contributed by atoms with Gasteiger partial charge in [0.1, 0.15) is 12.4 Å². The van der Waals surface area contributed by atoms with Gasteiger partial charge in [0.25, 0.3) is 0 Å². The van der Waals surface area contributed by atoms with Crippen LogP contribution >= 0.6 is 0 Å². The number of benzene rings is 2. The monoisotopic (exact) mass is 298 g/mol. The number of halogens is 1. The molecule has 0 unspecified atom stereocenters. The highest BCUT2D eigenvalue weighted by molar-refractivity contribution is 5.90. The fourth-order valence-electron chi connectivity index (χ4n) is 2.59. The minimum absolute atomic E-state index is 0.235. The second-order valence-corrected chi connectivity index (χ2v) is 5.06. The number of ether oxygens (including phenoxy) is 1. The van der Waals surface area contributed by atoms with E-state index in [1.807, 2.05) is 30.3 Å². The van der Waals surface area contributed by atoms with Crippen molar-refractivity contribution in [3.63, 3.8) is 0 Å². The van der Waals surface area contributed by atoms with E-state index >= 15 is 0 Å². The molecule has 0 spiro atoms. The Bertz CT molecular complexity index is 703. The van der Waals surface area contributed by atoms with Crippen molar-refractivity contribution in [2.45, 2.75) is 12.5 Å². The van der Waals surface area contributed by atoms with Crippen LogP contribution in [0.5, 0.6) is 0 Å². The van der Waals surface area contributed by atoms with E-state index in [-0.39, 0.29) is 19.1 Å². The van der Waals surface area contributed by atoms with Crippen LogP contribution in [0.4, 0.5) is 14.9 Å². The molecule has 5 heteroatoms. The molecule has 4 nitrogen and oxygen atoms in total. The van der Waals surface area contributed by atoms with Crippen LogP contribution in [-0.2, 0) is 11.2 Å². The lowest BCUT2D eigenvalue weighted by atomic mass is 10.1. The molecule has 0 aromatic heterocycles. The number of carbonyl (C=O) groups excluding carboxylic acids is 1. The van der Waals surface area contributed by atoms with Gasteiger partial charge in [-0.25, -0.2) is 9.18 Å². The average molecular weight is 298 g/mol. The lowest BCUT2D eigenvalue weighted by Crippen LogP contribution is -2.27. The van der Waals surface area contributed by atoms with E-state index in [1.54, 1.807) is 12.1 Å². The number of carbonyl (C=O) groups is 1. The van der Waals surface area contributed by atoms with Gasteiger partial charge in [0.2, 0.25) is 0 Å². The first kappa shape index (κ1) is 14.3. The van der Waals surface area contributed by atoms with Crippen molar-refractivity contribution in [3.8, 4) is 0 Å². The molecule has 112 valence electrons. The maximum atomic E-state index is 14.1. The Morgan fingerprint density at radius 1 is 1.27 bits per heavy atom. The molecule has 1 heterocycles. The van der Waals surface area contributed by atoms with Crippen molar-refractivity contribution in [2.75, 3.05) is 11.5 Å². The SMILES string of the molecule is N=CCc1ccc(N2C(=O)OC[C@@H]2c2ccccc2)cc1F. The first-order valence-electron chi connectivity index (χ1n) is 6.99. The topological polar surface area (TPSA) is 53.4 Å². The molecular formula is C17H15FN2O2. The quantitative estimate of drug-likeness (QED) is 0.875. The molecule has 1 atom stereocenters. The van der Waals surface area contributed by atoms with Gasteiger partial charge in [0.05, 0.1) is 11.7 Å². The summed E-state index contributed by atoms with van der Waals surface area (Å²) in [6.45, 7) is 0.243. The Balaban J connectivity index is 1.96. The summed E-state index contributed by atoms with van der Waals surface area (Å²) in [5.74, 6) is -0.424. The molecule has 0 bridgehead atoms. The van der Waals surface area contributed by atoms with Crippen LogP contribution in [0.1, 0.15) is 17.2 Å². The molecule has 22 heavy (non-hydrogen) atoms. The maximum Gasteiger partial charge on any atom is 0.415 e. The first-order chi connectivity index (χ1) is 10.7. The molecule has 1 aliphatic heterocycles. The number of nitrogens with one attached hydrogen (secondary N) is 1. The number of anilines is 1. The van der Waals surface area contributed by atoms with Gasteiger partial charge in [-0.1, -0.05) is 36.4 Å². The van der Waals surface area contributed by atoms with Gasteiger partial charge < -0.3 is 10.1 Å². The third-order valence-corrected chi connectivity index (χ3v) is 3.69. The number of cyclic esters (lactones) is 1. The van der Waals surface area contributed by atoms with Gasteiger partial charge in [-0.2, -0.15) is 0 Å². The molecule has 0 aliphatic carbocycles. The van der Waals surface area contributed by atoms with E-state index in [0.717, 1.165) is 11.8 Å². The molecule has 3 rings (SSSR count). The van der Waals surface area contributed by atoms with Crippen LogP contribution in [0.3, 0.4) is 0 Å². The van der Waals surface area contributed by atoms with Crippen molar-refractivity contribution in [2.24, 2.45) is 0 Å². The smallest absolute Gasteiger partial charge is 0.415 e. The van der Waals surface area contributed by atoms with Crippen molar-refractivity contribution < 1.29 is 13.9 Å². The zero-order valence-electron chi connectivity index (χ0n) is 11.8. The third-order valence-electron chi connectivity index (χ3n) is 3.69. The zero-order valence-corrected chi connectivity index (χ0v) is 11.8. The van der Waals surface area contributed by atoms with Gasteiger partial charge in [0, 0.05) is 6.42 Å². The fraction of sp³-hybridized carbons (Fsp3) is 0.176. The molecule has 1 aliphatic rings. The van der Waals surface area contributed by atoms with Crippen LogP contribution in [-0.4, -0.2) is 18.9 Å². The Morgan fingerprint density at radius 3 is 2.73 bits per heavy atom. The highest BCUT2D eigenvalue weighted by Crippen LogP contribution is 2.33. The Labute approximate surface area is 127 Å². The van der Waals surface area contributed by atoms with E-state index in [1.165, 1.54) is 11.0 Å². The second kappa shape index (κ2) is 5.97. The van der Waals surface area contributed by atoms with E-state index < -0.39 is 11.9 Å². The third kappa shape index (κ3) is 2.57. The van der Waals surface area contributed by atoms with Crippen molar-refractivity contribution >= 4 is 18.0 Å². The highest BCUT2D eigenvalue weighted by atomic mass is 19.1. The van der Waals surface area contributed by atoms with Crippen LogP contribution < -0.4 is 4.90 Å². The minimum Gasteiger partial charge on any atom is -0.447 e. The minimum atomic E-state index is -0.479. The second-order valence-electron chi connectivity index (χ2n) is 5.06. The summed E-state index contributed by atoms with van der Waals surface area (Å²) in [6, 6.07) is 13.9. The number of nitrogens with zero attached hydrogens (tertiary/aromatic N) is 1. The Morgan fingerprint density at radius 2 is 2.05 bits per heavy atom. The Kier molecular flexibility index (Phi) is 3.87. The summed E-state index contributed by atoms with van der Waals surface area (Å²) >= 11 is 0. The van der Waals surface area contributed by atoms with E-state index in [9.17, 15) is 9.18 Å². The average Bonchev–Trinajstić information content (AvgIpc) is 2.92. The predicted octanol–water partition coefficient (Wildman–Crippen LogP) is 3.72. The molecule has 2 aromatic rings. The molecule has 2 aromatic carbocycles. The zero-order chi connectivity index (χ0) is 15.5. The summed E-state index contributed by atoms with van der Waals surface area (Å²) in [6.07, 6.45) is 0.904. The summed E-state index contributed by atoms with van der Waals surface area (Å²) < 4.78 is 19.2. The van der Waals surface area contributed by atoms with E-state index in [2.05, 4.69) is 0 Å². The molecule has 0 radical (unpaired) electrons. The normalized spacial score (nSPS) is 17.4. The van der Waals surface area contributed by atoms with Gasteiger partial charge in [-0.05, 0) is 29.5 Å². The summed E-state index contributed by atoms with van der Waals surface area (Å²) in [5, 5.41) is 7.06. The molecular weight excluding hydrogens is 283 g/mol. The van der Waals surface area contributed by atoms with Gasteiger partial charge >= 0.3 is 6.09 Å². The van der Waals surface area contributed by atoms with E-state index in [0.29, 0.717) is 11.3 Å². The summed E-state index contributed by atoms with van der Waals surface area (Å²) in [7, 11) is 0. The van der Waals surface area contributed by atoms with Crippen LogP contribution in [0.25, 0.3) is 0 Å². The van der Waals surface area contributed by atoms with Gasteiger partial charge in [-0.3, -0.25) is 4.90 Å². The lowest BCUT2D eigenvalue weighted by molar-refractivity contribution is 0.179. The standard InChI is InChI=1S/C17H15FN2O2/c18-15-10-14(7-6-12(15)8-9-19)20-16(11-22-17(20)21)13-4-2-1-3-5-13/h1-7,9-10,16,19H,8,11H2/t16-/m1/s1. The molecule has 1 N–H and O–H groups in total. The predicted molar refractivity (Wildman–Crippen MR) is 81.9 cm³/mol. The highest BCUT2D eigenvalue weighted by Gasteiger charge is 2.35. The van der Waals surface area contributed by atoms with Crippen molar-refractivity contribution in [1.29, 1.82) is 5.41 Å². The maximum absolute atomic E-state index is 14.1. The molecule has 1 fully saturated rings. The first-order valence-corrected chi connectivity index (χ1v) is 6.99. The van der Waals surface area contributed by atoms with Crippen molar-refractivity contribution in [3.05, 3.63) is 65.5 Å². The van der Waals surface area contributed by atoms with Crippen molar-refractivity contribution in [1.82, 2.24) is 0 Å². The molecule has 1 saturated heterocycles. The van der Waals surface area contributed by atoms with Gasteiger partial charge in [-0.15, -0.1) is 0 Å². The van der Waals surface area contributed by atoms with Crippen LogP contribution in [0.15, 0.2) is 48.5 Å². The van der Waals surface area contributed by atoms with Crippen LogP contribution in [0, 0.1) is 11.2 Å². The molecule has 0 saturated carbocycles. The molecule has 1 amide bonds. The number of hydrogen-bond donors (Lipinski definition) is 1. The summed E-state index contributed by atoms with van der Waals surface area (Å²) in [4.78, 5) is 13.5. The number of hydrogen-bond acceptors (Lipinski definition) is 3. The Hall–Kier alpha value is -2.69. The van der Waals surface area contributed by atoms with E-state index in [4.69, 9.17) is 10.1 Å². The largest absolute Gasteiger partial charge is 0.447 e. The van der Waals surface area contributed by atoms with Gasteiger partial charge in [0.15, 0.2) is 0 Å². The number of amides is 1.